The van der Waals surface area contributed by atoms with Gasteiger partial charge in [-0.25, -0.2) is 4.79 Å². The first-order valence-electron chi connectivity index (χ1n) is 5.83. The highest BCUT2D eigenvalue weighted by Crippen LogP contribution is 2.52. The van der Waals surface area contributed by atoms with Gasteiger partial charge in [0, 0.05) is 20.5 Å². The van der Waals surface area contributed by atoms with Gasteiger partial charge in [0.05, 0.1) is 5.54 Å². The Morgan fingerprint density at radius 3 is 2.61 bits per heavy atom. The molecule has 1 N–H and O–H groups in total. The molecule has 0 aromatic carbocycles. The van der Waals surface area contributed by atoms with Gasteiger partial charge in [0.15, 0.2) is 0 Å². The van der Waals surface area contributed by atoms with E-state index in [1.165, 1.54) is 13.2 Å². The number of amides is 1. The molecular formula is C12H14N2O4. The summed E-state index contributed by atoms with van der Waals surface area (Å²) in [5, 5.41) is 9.16. The first-order chi connectivity index (χ1) is 8.46. The standard InChI is InChI=1S/C12H14N2O4/c1-7(15)14-9-8(5-18-10(9)11(16)17)13(2)6-12(14)3-4-12/h5H,3-4,6H2,1-2H3,(H,16,17). The molecule has 1 fully saturated rings. The molecule has 1 amide bonds. The molecule has 0 unspecified atom stereocenters. The number of hydrogen-bond acceptors (Lipinski definition) is 4. The number of carboxylic acid groups (broad SMARTS) is 1. The lowest BCUT2D eigenvalue weighted by Crippen LogP contribution is -2.52. The van der Waals surface area contributed by atoms with E-state index in [1.54, 1.807) is 4.90 Å². The molecule has 1 aromatic heterocycles. The summed E-state index contributed by atoms with van der Waals surface area (Å²) in [4.78, 5) is 26.6. The van der Waals surface area contributed by atoms with Gasteiger partial charge in [-0.2, -0.15) is 0 Å². The summed E-state index contributed by atoms with van der Waals surface area (Å²) < 4.78 is 5.12. The number of carboxylic acids is 1. The monoisotopic (exact) mass is 250 g/mol. The van der Waals surface area contributed by atoms with Crippen LogP contribution in [0.2, 0.25) is 0 Å². The number of anilines is 2. The van der Waals surface area contributed by atoms with Crippen LogP contribution < -0.4 is 9.80 Å². The van der Waals surface area contributed by atoms with Crippen LogP contribution in [0, 0.1) is 0 Å². The van der Waals surface area contributed by atoms with Gasteiger partial charge >= 0.3 is 5.97 Å². The summed E-state index contributed by atoms with van der Waals surface area (Å²) in [5.74, 6) is -1.43. The van der Waals surface area contributed by atoms with Gasteiger partial charge in [-0.05, 0) is 12.8 Å². The first-order valence-corrected chi connectivity index (χ1v) is 5.83. The molecule has 1 spiro atoms. The fourth-order valence-corrected chi connectivity index (χ4v) is 2.83. The van der Waals surface area contributed by atoms with Crippen molar-refractivity contribution in [2.45, 2.75) is 25.3 Å². The maximum Gasteiger partial charge on any atom is 0.374 e. The number of rotatable bonds is 1. The maximum atomic E-state index is 11.9. The fourth-order valence-electron chi connectivity index (χ4n) is 2.83. The van der Waals surface area contributed by atoms with Gasteiger partial charge in [0.1, 0.15) is 17.6 Å². The molecule has 0 bridgehead atoms. The Bertz CT molecular complexity index is 544. The largest absolute Gasteiger partial charge is 0.475 e. The number of furan rings is 1. The van der Waals surface area contributed by atoms with E-state index in [4.69, 9.17) is 9.52 Å². The van der Waals surface area contributed by atoms with E-state index in [9.17, 15) is 9.59 Å². The van der Waals surface area contributed by atoms with Crippen molar-refractivity contribution in [2.75, 3.05) is 23.4 Å². The van der Waals surface area contributed by atoms with Crippen LogP contribution in [0.4, 0.5) is 11.4 Å². The van der Waals surface area contributed by atoms with Crippen molar-refractivity contribution in [1.29, 1.82) is 0 Å². The molecule has 1 saturated carbocycles. The number of fused-ring (bicyclic) bond motifs is 1. The zero-order chi connectivity index (χ0) is 13.1. The van der Waals surface area contributed by atoms with E-state index in [1.807, 2.05) is 11.9 Å². The zero-order valence-electron chi connectivity index (χ0n) is 10.3. The van der Waals surface area contributed by atoms with Crippen molar-refractivity contribution in [3.05, 3.63) is 12.0 Å². The number of likely N-dealkylation sites (N-methyl/N-ethyl adjacent to an activating group) is 1. The molecule has 1 aliphatic carbocycles. The number of hydrogen-bond donors (Lipinski definition) is 1. The fraction of sp³-hybridized carbons (Fsp3) is 0.500. The second kappa shape index (κ2) is 3.28. The third-order valence-electron chi connectivity index (χ3n) is 3.72. The molecule has 0 atom stereocenters. The normalized spacial score (nSPS) is 19.9. The van der Waals surface area contributed by atoms with Gasteiger partial charge in [-0.1, -0.05) is 0 Å². The molecule has 1 aliphatic heterocycles. The Labute approximate surface area is 104 Å². The molecule has 6 nitrogen and oxygen atoms in total. The SMILES string of the molecule is CC(=O)N1c2c(coc2C(=O)O)N(C)CC12CC2. The van der Waals surface area contributed by atoms with Crippen molar-refractivity contribution < 1.29 is 19.1 Å². The van der Waals surface area contributed by atoms with Crippen LogP contribution >= 0.6 is 0 Å². The van der Waals surface area contributed by atoms with Crippen LogP contribution in [0.25, 0.3) is 0 Å². The van der Waals surface area contributed by atoms with E-state index < -0.39 is 5.97 Å². The van der Waals surface area contributed by atoms with Gasteiger partial charge in [0.25, 0.3) is 0 Å². The van der Waals surface area contributed by atoms with Crippen molar-refractivity contribution in [1.82, 2.24) is 0 Å². The lowest BCUT2D eigenvalue weighted by Gasteiger charge is -2.40. The number of carbonyl (C=O) groups excluding carboxylic acids is 1. The van der Waals surface area contributed by atoms with Gasteiger partial charge in [0.2, 0.25) is 11.7 Å². The lowest BCUT2D eigenvalue weighted by molar-refractivity contribution is -0.117. The van der Waals surface area contributed by atoms with Gasteiger partial charge < -0.3 is 14.4 Å². The van der Waals surface area contributed by atoms with Crippen LogP contribution in [-0.4, -0.2) is 36.1 Å². The summed E-state index contributed by atoms with van der Waals surface area (Å²) in [6, 6.07) is 0. The smallest absolute Gasteiger partial charge is 0.374 e. The summed E-state index contributed by atoms with van der Waals surface area (Å²) in [6.07, 6.45) is 3.21. The average molecular weight is 250 g/mol. The molecule has 2 heterocycles. The average Bonchev–Trinajstić information content (AvgIpc) is 2.88. The second-order valence-corrected chi connectivity index (χ2v) is 5.04. The number of aromatic carboxylic acids is 1. The van der Waals surface area contributed by atoms with Crippen LogP contribution in [0.1, 0.15) is 30.3 Å². The molecule has 0 radical (unpaired) electrons. The second-order valence-electron chi connectivity index (χ2n) is 5.04. The van der Waals surface area contributed by atoms with Crippen LogP contribution in [-0.2, 0) is 4.79 Å². The highest BCUT2D eigenvalue weighted by atomic mass is 16.4. The van der Waals surface area contributed by atoms with E-state index in [2.05, 4.69) is 0 Å². The van der Waals surface area contributed by atoms with Crippen LogP contribution in [0.3, 0.4) is 0 Å². The van der Waals surface area contributed by atoms with Crippen LogP contribution in [0.15, 0.2) is 10.7 Å². The van der Waals surface area contributed by atoms with Crippen molar-refractivity contribution in [3.8, 4) is 0 Å². The predicted octanol–water partition coefficient (Wildman–Crippen LogP) is 1.31. The van der Waals surface area contributed by atoms with E-state index in [0.717, 1.165) is 19.4 Å². The predicted molar refractivity (Wildman–Crippen MR) is 64.1 cm³/mol. The number of carbonyl (C=O) groups is 2. The summed E-state index contributed by atoms with van der Waals surface area (Å²) in [7, 11) is 1.89. The minimum absolute atomic E-state index is 0.134. The third-order valence-corrected chi connectivity index (χ3v) is 3.72. The van der Waals surface area contributed by atoms with E-state index in [0.29, 0.717) is 11.4 Å². The quantitative estimate of drug-likeness (QED) is 0.813. The van der Waals surface area contributed by atoms with Crippen molar-refractivity contribution in [3.63, 3.8) is 0 Å². The van der Waals surface area contributed by atoms with E-state index >= 15 is 0 Å². The van der Waals surface area contributed by atoms with E-state index in [-0.39, 0.29) is 17.2 Å². The molecule has 18 heavy (non-hydrogen) atoms. The summed E-state index contributed by atoms with van der Waals surface area (Å²) >= 11 is 0. The molecule has 6 heteroatoms. The highest BCUT2D eigenvalue weighted by Gasteiger charge is 2.55. The minimum atomic E-state index is -1.14. The molecule has 2 aliphatic rings. The zero-order valence-corrected chi connectivity index (χ0v) is 10.3. The maximum absolute atomic E-state index is 11.9. The van der Waals surface area contributed by atoms with Crippen molar-refractivity contribution >= 4 is 23.3 Å². The minimum Gasteiger partial charge on any atom is -0.475 e. The molecule has 3 rings (SSSR count). The highest BCUT2D eigenvalue weighted by molar-refractivity contribution is 6.06. The molecule has 96 valence electrons. The lowest BCUT2D eigenvalue weighted by atomic mass is 10.1. The summed E-state index contributed by atoms with van der Waals surface area (Å²) in [5.41, 5.74) is 0.836. The third kappa shape index (κ3) is 1.28. The topological polar surface area (TPSA) is 74.0 Å². The Balaban J connectivity index is 2.20. The Kier molecular flexibility index (Phi) is 2.03. The van der Waals surface area contributed by atoms with Crippen molar-refractivity contribution in [2.24, 2.45) is 0 Å². The first kappa shape index (κ1) is 11.1. The van der Waals surface area contributed by atoms with Crippen LogP contribution in [0.5, 0.6) is 0 Å². The Hall–Kier alpha value is -1.98. The van der Waals surface area contributed by atoms with Gasteiger partial charge in [-0.15, -0.1) is 0 Å². The molecule has 0 saturated heterocycles. The number of nitrogens with zero attached hydrogens (tertiary/aromatic N) is 2. The summed E-state index contributed by atoms with van der Waals surface area (Å²) in [6.45, 7) is 2.19. The molecule has 1 aromatic rings. The Morgan fingerprint density at radius 2 is 2.11 bits per heavy atom. The molecular weight excluding hydrogens is 236 g/mol. The van der Waals surface area contributed by atoms with Gasteiger partial charge in [-0.3, -0.25) is 9.69 Å². The Morgan fingerprint density at radius 1 is 1.44 bits per heavy atom.